The van der Waals surface area contributed by atoms with Crippen molar-refractivity contribution < 1.29 is 0 Å². The molecule has 0 bridgehead atoms. The molecule has 7 aromatic rings. The molecule has 0 spiro atoms. The van der Waals surface area contributed by atoms with E-state index in [1.165, 1.54) is 15.5 Å². The molecule has 0 aliphatic carbocycles. The fraction of sp³-hybridized carbons (Fsp3) is 0. The molecule has 0 aliphatic heterocycles. The number of hydrogen-bond donors (Lipinski definition) is 0. The molecule has 2 aromatic heterocycles. The molecule has 0 unspecified atom stereocenters. The van der Waals surface area contributed by atoms with E-state index in [-0.39, 0.29) is 0 Å². The Morgan fingerprint density at radius 3 is 1.65 bits per heavy atom. The van der Waals surface area contributed by atoms with Crippen LogP contribution < -0.4 is 0 Å². The Balaban J connectivity index is 1.42. The summed E-state index contributed by atoms with van der Waals surface area (Å²) in [5.41, 5.74) is 7.10. The van der Waals surface area contributed by atoms with Crippen molar-refractivity contribution in [3.05, 3.63) is 127 Å². The maximum absolute atomic E-state index is 5.02. The molecule has 0 saturated heterocycles. The average molecular weight is 492 g/mol. The van der Waals surface area contributed by atoms with Crippen molar-refractivity contribution >= 4 is 32.3 Å². The number of thiazole rings is 1. The molecule has 7 rings (SSSR count). The molecular weight excluding hydrogens is 470 g/mol. The lowest BCUT2D eigenvalue weighted by Gasteiger charge is -2.10. The number of aromatic nitrogens is 3. The van der Waals surface area contributed by atoms with Gasteiger partial charge in [-0.2, -0.15) is 0 Å². The van der Waals surface area contributed by atoms with Gasteiger partial charge in [-0.3, -0.25) is 0 Å². The minimum Gasteiger partial charge on any atom is -0.236 e. The predicted molar refractivity (Wildman–Crippen MR) is 154 cm³/mol. The van der Waals surface area contributed by atoms with Crippen molar-refractivity contribution in [3.63, 3.8) is 0 Å². The first-order chi connectivity index (χ1) is 18.3. The van der Waals surface area contributed by atoms with Gasteiger partial charge < -0.3 is 0 Å². The highest BCUT2D eigenvalue weighted by atomic mass is 32.1. The highest BCUT2D eigenvalue weighted by Gasteiger charge is 2.13. The SMILES string of the molecule is c1ccc(-c2cc(-c3ccccc3)nc(-c3ccc4ccc5nc(-c6ccccc6)sc5c4c3)n2)cc1. The molecule has 0 aliphatic rings. The van der Waals surface area contributed by atoms with Gasteiger partial charge in [0, 0.05) is 27.6 Å². The van der Waals surface area contributed by atoms with Gasteiger partial charge in [0.15, 0.2) is 5.82 Å². The zero-order valence-corrected chi connectivity index (χ0v) is 20.7. The number of fused-ring (bicyclic) bond motifs is 3. The Hall–Kier alpha value is -4.67. The van der Waals surface area contributed by atoms with Crippen LogP contribution in [0, 0.1) is 0 Å². The van der Waals surface area contributed by atoms with E-state index in [1.54, 1.807) is 11.3 Å². The maximum Gasteiger partial charge on any atom is 0.160 e. The van der Waals surface area contributed by atoms with E-state index >= 15 is 0 Å². The Labute approximate surface area is 218 Å². The summed E-state index contributed by atoms with van der Waals surface area (Å²) in [5.74, 6) is 0.715. The van der Waals surface area contributed by atoms with Gasteiger partial charge in [-0.1, -0.05) is 109 Å². The van der Waals surface area contributed by atoms with Gasteiger partial charge in [0.2, 0.25) is 0 Å². The van der Waals surface area contributed by atoms with E-state index in [0.29, 0.717) is 5.82 Å². The third-order valence-corrected chi connectivity index (χ3v) is 7.67. The quantitative estimate of drug-likeness (QED) is 0.247. The molecule has 37 heavy (non-hydrogen) atoms. The van der Waals surface area contributed by atoms with Crippen molar-refractivity contribution in [2.45, 2.75) is 0 Å². The summed E-state index contributed by atoms with van der Waals surface area (Å²) in [4.78, 5) is 15.0. The lowest BCUT2D eigenvalue weighted by atomic mass is 10.0. The van der Waals surface area contributed by atoms with Crippen molar-refractivity contribution in [3.8, 4) is 44.5 Å². The first kappa shape index (κ1) is 21.6. The standard InChI is InChI=1S/C33H21N3S/c1-4-10-23(11-5-1)29-21-30(24-12-6-2-7-13-24)35-32(34-29)26-17-16-22-18-19-28-31(27(22)20-26)37-33(36-28)25-14-8-3-9-15-25/h1-21H. The summed E-state index contributed by atoms with van der Waals surface area (Å²) in [7, 11) is 0. The van der Waals surface area contributed by atoms with Gasteiger partial charge >= 0.3 is 0 Å². The summed E-state index contributed by atoms with van der Waals surface area (Å²) in [6.45, 7) is 0. The second kappa shape index (κ2) is 9.08. The molecule has 174 valence electrons. The molecule has 5 aromatic carbocycles. The van der Waals surface area contributed by atoms with Gasteiger partial charge in [-0.05, 0) is 23.6 Å². The van der Waals surface area contributed by atoms with Crippen LogP contribution in [0.25, 0.3) is 65.5 Å². The third kappa shape index (κ3) is 4.07. The fourth-order valence-electron chi connectivity index (χ4n) is 4.64. The molecule has 0 amide bonds. The van der Waals surface area contributed by atoms with Crippen LogP contribution in [0.2, 0.25) is 0 Å². The number of benzene rings is 5. The van der Waals surface area contributed by atoms with E-state index in [0.717, 1.165) is 44.2 Å². The molecule has 0 radical (unpaired) electrons. The zero-order valence-electron chi connectivity index (χ0n) is 19.9. The highest BCUT2D eigenvalue weighted by Crippen LogP contribution is 2.37. The Kier molecular flexibility index (Phi) is 5.30. The predicted octanol–water partition coefficient (Wildman–Crippen LogP) is 8.91. The molecule has 4 heteroatoms. The van der Waals surface area contributed by atoms with E-state index in [9.17, 15) is 0 Å². The Morgan fingerprint density at radius 1 is 0.459 bits per heavy atom. The Morgan fingerprint density at radius 2 is 1.03 bits per heavy atom. The summed E-state index contributed by atoms with van der Waals surface area (Å²) < 4.78 is 1.18. The monoisotopic (exact) mass is 491 g/mol. The van der Waals surface area contributed by atoms with Crippen LogP contribution in [-0.4, -0.2) is 15.0 Å². The third-order valence-electron chi connectivity index (χ3n) is 6.52. The minimum atomic E-state index is 0.715. The topological polar surface area (TPSA) is 38.7 Å². The normalized spacial score (nSPS) is 11.2. The first-order valence-corrected chi connectivity index (χ1v) is 13.0. The molecule has 0 fully saturated rings. The molecular formula is C33H21N3S. The van der Waals surface area contributed by atoms with Crippen molar-refractivity contribution in [2.75, 3.05) is 0 Å². The average Bonchev–Trinajstić information content (AvgIpc) is 3.43. The largest absolute Gasteiger partial charge is 0.236 e. The molecule has 2 heterocycles. The van der Waals surface area contributed by atoms with E-state index < -0.39 is 0 Å². The van der Waals surface area contributed by atoms with Crippen LogP contribution >= 0.6 is 11.3 Å². The summed E-state index contributed by atoms with van der Waals surface area (Å²) >= 11 is 1.73. The highest BCUT2D eigenvalue weighted by molar-refractivity contribution is 7.22. The molecule has 0 N–H and O–H groups in total. The molecule has 0 atom stereocenters. The summed E-state index contributed by atoms with van der Waals surface area (Å²) in [5, 5.41) is 3.38. The van der Waals surface area contributed by atoms with Crippen molar-refractivity contribution in [1.29, 1.82) is 0 Å². The minimum absolute atomic E-state index is 0.715. The van der Waals surface area contributed by atoms with Crippen LogP contribution in [0.15, 0.2) is 127 Å². The Bertz CT molecular complexity index is 1800. The zero-order chi connectivity index (χ0) is 24.6. The summed E-state index contributed by atoms with van der Waals surface area (Å²) in [6.07, 6.45) is 0. The van der Waals surface area contributed by atoms with Gasteiger partial charge in [0.1, 0.15) is 5.01 Å². The van der Waals surface area contributed by atoms with Crippen molar-refractivity contribution in [1.82, 2.24) is 15.0 Å². The fourth-order valence-corrected chi connectivity index (χ4v) is 5.73. The van der Waals surface area contributed by atoms with Crippen molar-refractivity contribution in [2.24, 2.45) is 0 Å². The number of rotatable bonds is 4. The van der Waals surface area contributed by atoms with E-state index in [2.05, 4.69) is 84.9 Å². The first-order valence-electron chi connectivity index (χ1n) is 12.2. The number of hydrogen-bond acceptors (Lipinski definition) is 4. The van der Waals surface area contributed by atoms with Gasteiger partial charge in [-0.15, -0.1) is 11.3 Å². The van der Waals surface area contributed by atoms with Crippen LogP contribution in [-0.2, 0) is 0 Å². The second-order valence-electron chi connectivity index (χ2n) is 8.93. The van der Waals surface area contributed by atoms with Crippen LogP contribution in [0.5, 0.6) is 0 Å². The smallest absolute Gasteiger partial charge is 0.160 e. The number of nitrogens with zero attached hydrogens (tertiary/aromatic N) is 3. The van der Waals surface area contributed by atoms with E-state index in [4.69, 9.17) is 15.0 Å². The maximum atomic E-state index is 5.02. The summed E-state index contributed by atoms with van der Waals surface area (Å²) in [6, 6.07) is 43.8. The van der Waals surface area contributed by atoms with Gasteiger partial charge in [0.25, 0.3) is 0 Å². The van der Waals surface area contributed by atoms with Crippen LogP contribution in [0.1, 0.15) is 0 Å². The molecule has 3 nitrogen and oxygen atoms in total. The lowest BCUT2D eigenvalue weighted by Crippen LogP contribution is -1.96. The van der Waals surface area contributed by atoms with E-state index in [1.807, 2.05) is 42.5 Å². The second-order valence-corrected chi connectivity index (χ2v) is 9.93. The van der Waals surface area contributed by atoms with Gasteiger partial charge in [0.05, 0.1) is 21.6 Å². The van der Waals surface area contributed by atoms with Crippen LogP contribution in [0.3, 0.4) is 0 Å². The molecule has 0 saturated carbocycles. The van der Waals surface area contributed by atoms with Crippen LogP contribution in [0.4, 0.5) is 0 Å². The lowest BCUT2D eigenvalue weighted by molar-refractivity contribution is 1.18. The van der Waals surface area contributed by atoms with Gasteiger partial charge in [-0.25, -0.2) is 15.0 Å².